The number of hydrazone groups is 1. The first-order valence-corrected chi connectivity index (χ1v) is 12.2. The minimum absolute atomic E-state index is 0.137. The van der Waals surface area contributed by atoms with E-state index in [1.165, 1.54) is 10.4 Å². The van der Waals surface area contributed by atoms with Crippen LogP contribution in [0.5, 0.6) is 0 Å². The average molecular weight is 449 g/mol. The van der Waals surface area contributed by atoms with E-state index in [0.717, 1.165) is 40.9 Å². The summed E-state index contributed by atoms with van der Waals surface area (Å²) in [6.45, 7) is 2.08. The number of hydrogen-bond donors (Lipinski definition) is 0. The van der Waals surface area contributed by atoms with Gasteiger partial charge in [-0.15, -0.1) is 11.3 Å². The van der Waals surface area contributed by atoms with E-state index in [-0.39, 0.29) is 11.7 Å². The van der Waals surface area contributed by atoms with Crippen LogP contribution in [-0.4, -0.2) is 17.0 Å². The molecule has 2 aliphatic rings. The summed E-state index contributed by atoms with van der Waals surface area (Å²) in [4.78, 5) is 15.6. The summed E-state index contributed by atoms with van der Waals surface area (Å²) < 4.78 is 0. The summed E-state index contributed by atoms with van der Waals surface area (Å²) in [7, 11) is 0. The second-order valence-electron chi connectivity index (χ2n) is 8.86. The number of thiophene rings is 1. The van der Waals surface area contributed by atoms with E-state index in [1.54, 1.807) is 11.3 Å². The van der Waals surface area contributed by atoms with E-state index in [2.05, 4.69) is 66.9 Å². The molecule has 33 heavy (non-hydrogen) atoms. The number of fused-ring (bicyclic) bond motifs is 1. The SMILES string of the molecule is Cc1ccc(N2N=C(c3ccccc3)C(c3cccs3)C23CCc2ccccc2C3=O)cc1. The third-order valence-electron chi connectivity index (χ3n) is 6.94. The lowest BCUT2D eigenvalue weighted by molar-refractivity contribution is 0.0857. The summed E-state index contributed by atoms with van der Waals surface area (Å²) in [5, 5.41) is 9.37. The third-order valence-corrected chi connectivity index (χ3v) is 7.88. The number of hydrogen-bond acceptors (Lipinski definition) is 4. The van der Waals surface area contributed by atoms with Crippen LogP contribution in [0.3, 0.4) is 0 Å². The summed E-state index contributed by atoms with van der Waals surface area (Å²) in [5.41, 5.74) is 5.35. The molecule has 0 saturated carbocycles. The van der Waals surface area contributed by atoms with Crippen molar-refractivity contribution in [3.63, 3.8) is 0 Å². The average Bonchev–Trinajstić information content (AvgIpc) is 3.50. The number of benzene rings is 3. The molecule has 1 aromatic heterocycles. The molecular formula is C29H24N2OS. The first kappa shape index (κ1) is 20.1. The molecule has 2 unspecified atom stereocenters. The molecule has 6 rings (SSSR count). The largest absolute Gasteiger partial charge is 0.291 e. The van der Waals surface area contributed by atoms with Gasteiger partial charge in [0.25, 0.3) is 0 Å². The Morgan fingerprint density at radius 3 is 2.42 bits per heavy atom. The van der Waals surface area contributed by atoms with E-state index < -0.39 is 5.54 Å². The van der Waals surface area contributed by atoms with Gasteiger partial charge in [-0.3, -0.25) is 9.80 Å². The number of nitrogens with zero attached hydrogens (tertiary/aromatic N) is 2. The van der Waals surface area contributed by atoms with Crippen molar-refractivity contribution in [1.29, 1.82) is 0 Å². The monoisotopic (exact) mass is 448 g/mol. The van der Waals surface area contributed by atoms with Crippen molar-refractivity contribution >= 4 is 28.5 Å². The van der Waals surface area contributed by atoms with Gasteiger partial charge in [0, 0.05) is 10.4 Å². The number of carbonyl (C=O) groups excluding carboxylic acids is 1. The molecule has 1 aliphatic carbocycles. The minimum Gasteiger partial charge on any atom is -0.291 e. The molecular weight excluding hydrogens is 424 g/mol. The minimum atomic E-state index is -0.792. The summed E-state index contributed by atoms with van der Waals surface area (Å²) in [6.07, 6.45) is 1.57. The van der Waals surface area contributed by atoms with E-state index in [9.17, 15) is 4.79 Å². The van der Waals surface area contributed by atoms with Crippen LogP contribution in [0.1, 0.15) is 44.3 Å². The zero-order valence-corrected chi connectivity index (χ0v) is 19.3. The van der Waals surface area contributed by atoms with Crippen molar-refractivity contribution in [1.82, 2.24) is 0 Å². The molecule has 0 bridgehead atoms. The van der Waals surface area contributed by atoms with Crippen LogP contribution < -0.4 is 5.01 Å². The van der Waals surface area contributed by atoms with Crippen molar-refractivity contribution < 1.29 is 4.79 Å². The van der Waals surface area contributed by atoms with Gasteiger partial charge in [-0.1, -0.05) is 78.4 Å². The number of rotatable bonds is 3. The summed E-state index contributed by atoms with van der Waals surface area (Å²) in [5.74, 6) is 0.0278. The van der Waals surface area contributed by atoms with Gasteiger partial charge in [0.2, 0.25) is 0 Å². The Morgan fingerprint density at radius 1 is 0.909 bits per heavy atom. The van der Waals surface area contributed by atoms with E-state index in [0.29, 0.717) is 0 Å². The van der Waals surface area contributed by atoms with E-state index in [1.807, 2.05) is 41.4 Å². The van der Waals surface area contributed by atoms with Gasteiger partial charge in [-0.25, -0.2) is 0 Å². The number of ketones is 1. The highest BCUT2D eigenvalue weighted by atomic mass is 32.1. The van der Waals surface area contributed by atoms with Crippen LogP contribution in [-0.2, 0) is 6.42 Å². The van der Waals surface area contributed by atoms with Gasteiger partial charge in [-0.2, -0.15) is 5.10 Å². The van der Waals surface area contributed by atoms with Crippen molar-refractivity contribution in [3.8, 4) is 0 Å². The summed E-state index contributed by atoms with van der Waals surface area (Å²) >= 11 is 1.71. The fourth-order valence-corrected chi connectivity index (χ4v) is 6.26. The maximum Gasteiger partial charge on any atom is 0.191 e. The first-order chi connectivity index (χ1) is 16.2. The number of aryl methyl sites for hydroxylation is 2. The first-order valence-electron chi connectivity index (χ1n) is 11.4. The fraction of sp³-hybridized carbons (Fsp3) is 0.172. The molecule has 1 aliphatic heterocycles. The van der Waals surface area contributed by atoms with Crippen molar-refractivity contribution in [2.75, 3.05) is 5.01 Å². The molecule has 1 spiro atoms. The second-order valence-corrected chi connectivity index (χ2v) is 9.84. The highest BCUT2D eigenvalue weighted by Crippen LogP contribution is 2.51. The van der Waals surface area contributed by atoms with Gasteiger partial charge in [-0.05, 0) is 54.5 Å². The molecule has 3 aromatic carbocycles. The van der Waals surface area contributed by atoms with Gasteiger partial charge in [0.05, 0.1) is 17.3 Å². The molecule has 0 N–H and O–H groups in total. The number of Topliss-reactive ketones (excluding diaryl/α,β-unsaturated/α-hetero) is 1. The zero-order chi connectivity index (χ0) is 22.4. The highest BCUT2D eigenvalue weighted by molar-refractivity contribution is 7.10. The van der Waals surface area contributed by atoms with Gasteiger partial charge >= 0.3 is 0 Å². The predicted octanol–water partition coefficient (Wildman–Crippen LogP) is 6.63. The second kappa shape index (κ2) is 7.82. The van der Waals surface area contributed by atoms with Gasteiger partial charge in [0.15, 0.2) is 5.78 Å². The molecule has 162 valence electrons. The van der Waals surface area contributed by atoms with Crippen molar-refractivity contribution in [2.45, 2.75) is 31.2 Å². The van der Waals surface area contributed by atoms with Crippen LogP contribution in [0.15, 0.2) is 101 Å². The Balaban J connectivity index is 1.62. The van der Waals surface area contributed by atoms with E-state index >= 15 is 0 Å². The molecule has 0 saturated heterocycles. The molecule has 0 radical (unpaired) electrons. The smallest absolute Gasteiger partial charge is 0.191 e. The Bertz CT molecular complexity index is 1340. The van der Waals surface area contributed by atoms with Crippen molar-refractivity contribution in [3.05, 3.63) is 124 Å². The van der Waals surface area contributed by atoms with Crippen LogP contribution in [0.4, 0.5) is 5.69 Å². The summed E-state index contributed by atoms with van der Waals surface area (Å²) in [6, 6.07) is 31.0. The van der Waals surface area contributed by atoms with Crippen LogP contribution >= 0.6 is 11.3 Å². The van der Waals surface area contributed by atoms with Gasteiger partial charge < -0.3 is 0 Å². The molecule has 3 nitrogen and oxygen atoms in total. The Kier molecular flexibility index (Phi) is 4.77. The lowest BCUT2D eigenvalue weighted by Gasteiger charge is -2.43. The molecule has 4 aromatic rings. The normalized spacial score (nSPS) is 21.8. The Labute approximate surface area is 198 Å². The molecule has 2 heterocycles. The third kappa shape index (κ3) is 3.09. The number of carbonyl (C=O) groups is 1. The molecule has 0 fully saturated rings. The maximum atomic E-state index is 14.5. The quantitative estimate of drug-likeness (QED) is 0.352. The van der Waals surface area contributed by atoms with Crippen LogP contribution in [0.2, 0.25) is 0 Å². The Morgan fingerprint density at radius 2 is 1.67 bits per heavy atom. The molecule has 4 heteroatoms. The highest BCUT2D eigenvalue weighted by Gasteiger charge is 2.59. The lowest BCUT2D eigenvalue weighted by Crippen LogP contribution is -2.56. The lowest BCUT2D eigenvalue weighted by atomic mass is 9.67. The fourth-order valence-electron chi connectivity index (χ4n) is 5.35. The Hall–Kier alpha value is -3.50. The van der Waals surface area contributed by atoms with Crippen molar-refractivity contribution in [2.24, 2.45) is 5.10 Å². The van der Waals surface area contributed by atoms with Gasteiger partial charge in [0.1, 0.15) is 5.54 Å². The molecule has 2 atom stereocenters. The maximum absolute atomic E-state index is 14.5. The topological polar surface area (TPSA) is 32.7 Å². The number of anilines is 1. The van der Waals surface area contributed by atoms with Crippen LogP contribution in [0, 0.1) is 6.92 Å². The standard InChI is InChI=1S/C29H24N2OS/c1-20-13-15-23(16-14-20)31-29(18-17-21-8-5-6-11-24(21)28(29)32)26(25-12-7-19-33-25)27(30-31)22-9-3-2-4-10-22/h2-16,19,26H,17-18H2,1H3. The molecule has 0 amide bonds. The zero-order valence-electron chi connectivity index (χ0n) is 18.4. The van der Waals surface area contributed by atoms with E-state index in [4.69, 9.17) is 5.10 Å². The van der Waals surface area contributed by atoms with Crippen LogP contribution in [0.25, 0.3) is 0 Å². The predicted molar refractivity (Wildman–Crippen MR) is 136 cm³/mol.